The predicted octanol–water partition coefficient (Wildman–Crippen LogP) is 4.96. The van der Waals surface area contributed by atoms with Crippen LogP contribution in [0.3, 0.4) is 0 Å². The van der Waals surface area contributed by atoms with Crippen molar-refractivity contribution in [2.75, 3.05) is 0 Å². The van der Waals surface area contributed by atoms with Crippen LogP contribution in [0.4, 0.5) is 0 Å². The molecule has 1 saturated heterocycles. The van der Waals surface area contributed by atoms with Gasteiger partial charge in [-0.1, -0.05) is 102 Å². The molecule has 1 aliphatic rings. The Morgan fingerprint density at radius 3 is 1.38 bits per heavy atom. The standard InChI is InChI=1S/C23H20Si/c1-3-8-20-16-22(12-10-18(20)6-1)24(14-5-15-24)23-13-11-19-7-2-4-9-21(19)17-23/h1-4,6-13,16-17H,5,14-15H2. The first-order chi connectivity index (χ1) is 11.9. The van der Waals surface area contributed by atoms with Crippen LogP contribution < -0.4 is 10.4 Å². The Morgan fingerprint density at radius 1 is 0.500 bits per heavy atom. The summed E-state index contributed by atoms with van der Waals surface area (Å²) in [6.45, 7) is 0. The summed E-state index contributed by atoms with van der Waals surface area (Å²) < 4.78 is 0. The third kappa shape index (κ3) is 2.05. The average Bonchev–Trinajstić information content (AvgIpc) is 2.61. The number of hydrogen-bond donors (Lipinski definition) is 0. The Labute approximate surface area is 143 Å². The molecule has 1 aliphatic heterocycles. The first-order valence-electron chi connectivity index (χ1n) is 8.84. The van der Waals surface area contributed by atoms with E-state index in [9.17, 15) is 0 Å². The number of hydrogen-bond acceptors (Lipinski definition) is 0. The third-order valence-corrected chi connectivity index (χ3v) is 11.1. The van der Waals surface area contributed by atoms with E-state index >= 15 is 0 Å². The smallest absolute Gasteiger partial charge is 0.0619 e. The molecule has 1 fully saturated rings. The zero-order valence-corrected chi connectivity index (χ0v) is 14.7. The monoisotopic (exact) mass is 324 g/mol. The molecule has 116 valence electrons. The molecule has 4 aromatic carbocycles. The molecule has 0 unspecified atom stereocenters. The fraction of sp³-hybridized carbons (Fsp3) is 0.130. The average molecular weight is 324 g/mol. The Hall–Kier alpha value is -2.38. The van der Waals surface area contributed by atoms with Crippen molar-refractivity contribution >= 4 is 40.0 Å². The molecule has 0 aliphatic carbocycles. The van der Waals surface area contributed by atoms with Gasteiger partial charge in [0.1, 0.15) is 8.07 Å². The lowest BCUT2D eigenvalue weighted by molar-refractivity contribution is 0.928. The summed E-state index contributed by atoms with van der Waals surface area (Å²) in [6, 6.07) is 34.6. The van der Waals surface area contributed by atoms with Gasteiger partial charge in [0.05, 0.1) is 0 Å². The van der Waals surface area contributed by atoms with Gasteiger partial charge in [-0.3, -0.25) is 0 Å². The summed E-state index contributed by atoms with van der Waals surface area (Å²) >= 11 is 0. The van der Waals surface area contributed by atoms with E-state index in [-0.39, 0.29) is 0 Å². The van der Waals surface area contributed by atoms with E-state index in [0.717, 1.165) is 0 Å². The highest BCUT2D eigenvalue weighted by molar-refractivity contribution is 7.04. The first kappa shape index (κ1) is 14.0. The van der Waals surface area contributed by atoms with E-state index in [1.807, 2.05) is 0 Å². The largest absolute Gasteiger partial charge is 0.118 e. The summed E-state index contributed by atoms with van der Waals surface area (Å²) in [6.07, 6.45) is 1.38. The third-order valence-electron chi connectivity index (χ3n) is 5.81. The molecule has 0 aromatic heterocycles. The summed E-state index contributed by atoms with van der Waals surface area (Å²) in [5.41, 5.74) is 0. The van der Waals surface area contributed by atoms with Gasteiger partial charge >= 0.3 is 0 Å². The molecule has 1 heteroatoms. The van der Waals surface area contributed by atoms with Gasteiger partial charge < -0.3 is 0 Å². The van der Waals surface area contributed by atoms with Gasteiger partial charge in [0, 0.05) is 0 Å². The molecule has 0 amide bonds. The fourth-order valence-electron chi connectivity index (χ4n) is 4.25. The Bertz CT molecular complexity index is 962. The van der Waals surface area contributed by atoms with Crippen molar-refractivity contribution in [1.29, 1.82) is 0 Å². The second kappa shape index (κ2) is 5.32. The van der Waals surface area contributed by atoms with Crippen molar-refractivity contribution in [2.24, 2.45) is 0 Å². The van der Waals surface area contributed by atoms with Crippen molar-refractivity contribution in [2.45, 2.75) is 18.5 Å². The quantitative estimate of drug-likeness (QED) is 0.457. The van der Waals surface area contributed by atoms with Crippen LogP contribution in [-0.4, -0.2) is 8.07 Å². The molecule has 1 heterocycles. The van der Waals surface area contributed by atoms with E-state index in [1.165, 1.54) is 40.1 Å². The summed E-state index contributed by atoms with van der Waals surface area (Å²) in [4.78, 5) is 0. The predicted molar refractivity (Wildman–Crippen MR) is 107 cm³/mol. The minimum absolute atomic E-state index is 1.35. The molecule has 0 nitrogen and oxygen atoms in total. The maximum Gasteiger partial charge on any atom is 0.118 e. The molecule has 0 radical (unpaired) electrons. The fourth-order valence-corrected chi connectivity index (χ4v) is 8.47. The van der Waals surface area contributed by atoms with Gasteiger partial charge in [0.25, 0.3) is 0 Å². The zero-order chi connectivity index (χ0) is 16.0. The van der Waals surface area contributed by atoms with Crippen LogP contribution in [0.25, 0.3) is 21.5 Å². The topological polar surface area (TPSA) is 0 Å². The Morgan fingerprint density at radius 2 is 0.958 bits per heavy atom. The van der Waals surface area contributed by atoms with E-state index in [1.54, 1.807) is 10.4 Å². The first-order valence-corrected chi connectivity index (χ1v) is 11.3. The van der Waals surface area contributed by atoms with E-state index < -0.39 is 8.07 Å². The molecular weight excluding hydrogens is 304 g/mol. The molecule has 0 saturated carbocycles. The normalized spacial score (nSPS) is 16.2. The maximum absolute atomic E-state index is 2.47. The van der Waals surface area contributed by atoms with Crippen molar-refractivity contribution in [1.82, 2.24) is 0 Å². The van der Waals surface area contributed by atoms with Crippen molar-refractivity contribution < 1.29 is 0 Å². The van der Waals surface area contributed by atoms with E-state index in [0.29, 0.717) is 0 Å². The van der Waals surface area contributed by atoms with Gasteiger partial charge in [-0.25, -0.2) is 0 Å². The molecule has 5 rings (SSSR count). The molecule has 0 atom stereocenters. The van der Waals surface area contributed by atoms with Crippen molar-refractivity contribution in [3.8, 4) is 0 Å². The van der Waals surface area contributed by atoms with Crippen LogP contribution >= 0.6 is 0 Å². The second-order valence-electron chi connectivity index (χ2n) is 7.06. The van der Waals surface area contributed by atoms with Crippen molar-refractivity contribution in [3.05, 3.63) is 84.9 Å². The summed E-state index contributed by atoms with van der Waals surface area (Å²) in [5, 5.41) is 8.70. The van der Waals surface area contributed by atoms with Gasteiger partial charge in [0.2, 0.25) is 0 Å². The van der Waals surface area contributed by atoms with Crippen LogP contribution in [0.2, 0.25) is 12.1 Å². The maximum atomic E-state index is 2.47. The van der Waals surface area contributed by atoms with Crippen LogP contribution in [0.15, 0.2) is 84.9 Å². The molecule has 4 aromatic rings. The number of fused-ring (bicyclic) bond motifs is 2. The van der Waals surface area contributed by atoms with Crippen molar-refractivity contribution in [3.63, 3.8) is 0 Å². The minimum atomic E-state index is -1.53. The lowest BCUT2D eigenvalue weighted by atomic mass is 10.1. The lowest BCUT2D eigenvalue weighted by Gasteiger charge is -2.41. The highest BCUT2D eigenvalue weighted by atomic mass is 28.3. The van der Waals surface area contributed by atoms with Gasteiger partial charge in [-0.05, 0) is 33.6 Å². The van der Waals surface area contributed by atoms with E-state index in [4.69, 9.17) is 0 Å². The van der Waals surface area contributed by atoms with Crippen LogP contribution in [0.5, 0.6) is 0 Å². The second-order valence-corrected chi connectivity index (χ2v) is 11.4. The van der Waals surface area contributed by atoms with Crippen LogP contribution in [0.1, 0.15) is 6.42 Å². The number of benzene rings is 4. The Kier molecular flexibility index (Phi) is 3.10. The Balaban J connectivity index is 1.69. The van der Waals surface area contributed by atoms with Crippen LogP contribution in [0, 0.1) is 0 Å². The highest BCUT2D eigenvalue weighted by Gasteiger charge is 2.43. The molecular formula is C23H20Si. The lowest BCUT2D eigenvalue weighted by Crippen LogP contribution is -2.62. The van der Waals surface area contributed by atoms with E-state index in [2.05, 4.69) is 84.9 Å². The highest BCUT2D eigenvalue weighted by Crippen LogP contribution is 2.33. The zero-order valence-electron chi connectivity index (χ0n) is 13.7. The molecule has 0 bridgehead atoms. The minimum Gasteiger partial charge on any atom is -0.0619 e. The SMILES string of the molecule is c1ccc2cc([Si]3(c4ccc5ccccc5c4)CCC3)ccc2c1. The van der Waals surface area contributed by atoms with Gasteiger partial charge in [-0.2, -0.15) is 0 Å². The van der Waals surface area contributed by atoms with Crippen LogP contribution in [-0.2, 0) is 0 Å². The number of rotatable bonds is 2. The molecule has 0 N–H and O–H groups in total. The summed E-state index contributed by atoms with van der Waals surface area (Å²) in [5.74, 6) is 0. The van der Waals surface area contributed by atoms with Gasteiger partial charge in [0.15, 0.2) is 0 Å². The molecule has 24 heavy (non-hydrogen) atoms. The summed E-state index contributed by atoms with van der Waals surface area (Å²) in [7, 11) is -1.53. The molecule has 0 spiro atoms. The van der Waals surface area contributed by atoms with Gasteiger partial charge in [-0.15, -0.1) is 0 Å².